The van der Waals surface area contributed by atoms with Crippen LogP contribution in [-0.2, 0) is 51.9 Å². The molecular weight excluding hydrogens is 1190 g/mol. The summed E-state index contributed by atoms with van der Waals surface area (Å²) in [6, 6.07) is 5.03. The number of nitrogens with one attached hydrogen (secondary N) is 1. The summed E-state index contributed by atoms with van der Waals surface area (Å²) in [6.07, 6.45) is -4.84. The first-order valence-corrected chi connectivity index (χ1v) is 31.6. The van der Waals surface area contributed by atoms with Crippen LogP contribution in [0.3, 0.4) is 0 Å². The minimum atomic E-state index is -5.08. The number of ether oxygens (including phenoxy) is 2. The van der Waals surface area contributed by atoms with Gasteiger partial charge in [0.05, 0.1) is 54.3 Å². The van der Waals surface area contributed by atoms with Gasteiger partial charge in [0.1, 0.15) is 29.6 Å². The highest BCUT2D eigenvalue weighted by molar-refractivity contribution is 7.47. The standard InChI is InChI=1S/C61H86N13O15P/c1-29(88-90(84,85)89-52-40(27-75)87-56(51(52)83)74-28-69-38-21-32(86-10)11-15-39(38)74)26-68-48(82)19-20-58(6)36(22-45(65)79)55-61(9)60(8,25-47(67)81)35(14-18-44(64)78)50(73-61)31(3)54-59(7,24-46(66)80)33(12-16-42(62)76)37(70-54)23-41-57(4,5)34(13-17-43(63)77)49(71-41)30(2)53(58)72-55/h11,15,21,23,28-29,33-36,40,51-52,56,75,83H,12-14,16-20,22,24-27H2,1-10H3,(H2,62,76)(H2,63,77)(H2,64,78)(H2,65,79)(H2,66,80)(H2,67,81)(H,68,82)(H,84,85)/b41-23-,53-30-,54-31-/t29-,33-,34-,35-,36+,40+,51-,52+,56-,58-,59-,60-,61+/m1/s1. The Balaban J connectivity index is 1.20. The number of aliphatic hydroxyl groups excluding tert-OH is 2. The van der Waals surface area contributed by atoms with Crippen LogP contribution in [0.15, 0.2) is 78.8 Å². The van der Waals surface area contributed by atoms with E-state index in [0.717, 1.165) is 0 Å². The summed E-state index contributed by atoms with van der Waals surface area (Å²) < 4.78 is 37.4. The maximum Gasteiger partial charge on any atom is 0.472 e. The van der Waals surface area contributed by atoms with Gasteiger partial charge in [-0.15, -0.1) is 0 Å². The number of fused-ring (bicyclic) bond motifs is 6. The first-order chi connectivity index (χ1) is 42.0. The molecule has 6 aliphatic rings. The van der Waals surface area contributed by atoms with Gasteiger partial charge in [-0.05, 0) is 82.7 Å². The van der Waals surface area contributed by atoms with E-state index in [9.17, 15) is 53.2 Å². The molecule has 0 radical (unpaired) electrons. The summed E-state index contributed by atoms with van der Waals surface area (Å²) in [5, 5.41) is 24.5. The molecule has 1 saturated heterocycles. The highest BCUT2D eigenvalue weighted by Crippen LogP contribution is 2.62. The predicted molar refractivity (Wildman–Crippen MR) is 331 cm³/mol. The Morgan fingerprint density at radius 2 is 1.37 bits per heavy atom. The molecule has 2 aromatic rings. The number of imidazole rings is 1. The molecule has 0 spiro atoms. The molecule has 0 aliphatic carbocycles. The fourth-order valence-corrected chi connectivity index (χ4v) is 16.0. The van der Waals surface area contributed by atoms with Crippen molar-refractivity contribution in [3.05, 3.63) is 58.8 Å². The number of aliphatic hydroxyl groups is 2. The number of phosphoric ester groups is 1. The third-order valence-electron chi connectivity index (χ3n) is 19.8. The number of amides is 7. The third-order valence-corrected chi connectivity index (χ3v) is 20.9. The Morgan fingerprint density at radius 3 is 1.96 bits per heavy atom. The van der Waals surface area contributed by atoms with Crippen molar-refractivity contribution in [3.63, 3.8) is 0 Å². The van der Waals surface area contributed by atoms with Crippen LogP contribution >= 0.6 is 7.82 Å². The third kappa shape index (κ3) is 13.0. The number of nitrogens with two attached hydrogens (primary N) is 6. The zero-order chi connectivity index (χ0) is 66.5. The Labute approximate surface area is 521 Å². The maximum absolute atomic E-state index is 14.3. The number of allylic oxidation sites excluding steroid dienone is 6. The number of aromatic nitrogens is 2. The molecule has 90 heavy (non-hydrogen) atoms. The summed E-state index contributed by atoms with van der Waals surface area (Å²) in [6.45, 7) is 15.1. The SMILES string of the molecule is COc1ccc2c(c1)ncn2[C@@H]1O[C@@H](CO)[C@H](OP(=O)(O)O[C@H](C)CNC(=O)CC[C@@]2(C)/C3=C(\C)C4=N/C(=C\C5=NC(=C(/C)C6=N[C@@](C)(C(=N3)[C@@H]2CC(N)=O)[C@](C)(CC(N)=O)[C@@H]6CCC(N)=O)/[C@](C)(CC(N)=O)[C@@H]5CCC(N)=O)C(C)(C)[C@@H]4CCC(N)=O)[C@H]1O. The van der Waals surface area contributed by atoms with Gasteiger partial charge in [0, 0.05) is 126 Å². The zero-order valence-corrected chi connectivity index (χ0v) is 53.5. The van der Waals surface area contributed by atoms with Crippen LogP contribution in [-0.4, -0.2) is 139 Å². The molecule has 29 heteroatoms. The lowest BCUT2D eigenvalue weighted by Crippen LogP contribution is -2.54. The monoisotopic (exact) mass is 1270 g/mol. The van der Waals surface area contributed by atoms with Gasteiger partial charge in [0.25, 0.3) is 0 Å². The van der Waals surface area contributed by atoms with Gasteiger partial charge < -0.3 is 68.9 Å². The number of primary amides is 6. The first kappa shape index (κ1) is 68.6. The van der Waals surface area contributed by atoms with E-state index in [-0.39, 0.29) is 77.2 Å². The molecule has 8 rings (SSSR count). The van der Waals surface area contributed by atoms with Crippen LogP contribution in [0.25, 0.3) is 11.0 Å². The summed E-state index contributed by atoms with van der Waals surface area (Å²) in [5.74, 6) is -7.03. The maximum atomic E-state index is 14.3. The lowest BCUT2D eigenvalue weighted by atomic mass is 9.56. The van der Waals surface area contributed by atoms with Crippen molar-refractivity contribution in [3.8, 4) is 5.75 Å². The number of hydrogen-bond acceptors (Lipinski definition) is 19. The highest BCUT2D eigenvalue weighted by atomic mass is 31.2. The molecule has 8 bridgehead atoms. The second-order valence-corrected chi connectivity index (χ2v) is 27.6. The fraction of sp³-hybridized carbons (Fsp3) is 0.607. The number of hydrogen-bond donors (Lipinski definition) is 10. The van der Waals surface area contributed by atoms with Gasteiger partial charge >= 0.3 is 7.82 Å². The van der Waals surface area contributed by atoms with Gasteiger partial charge in [-0.25, -0.2) is 9.55 Å². The van der Waals surface area contributed by atoms with Crippen molar-refractivity contribution < 1.29 is 71.8 Å². The number of nitrogens with zero attached hydrogens (tertiary/aromatic N) is 6. The summed E-state index contributed by atoms with van der Waals surface area (Å²) in [5.41, 5.74) is 34.6. The lowest BCUT2D eigenvalue weighted by Gasteiger charge is -2.45. The van der Waals surface area contributed by atoms with E-state index in [1.54, 1.807) is 45.9 Å². The van der Waals surface area contributed by atoms with E-state index in [1.165, 1.54) is 24.9 Å². The summed E-state index contributed by atoms with van der Waals surface area (Å²) in [4.78, 5) is 131. The largest absolute Gasteiger partial charge is 0.497 e. The number of benzene rings is 1. The lowest BCUT2D eigenvalue weighted by molar-refractivity contribution is -0.123. The van der Waals surface area contributed by atoms with E-state index in [4.69, 9.17) is 72.9 Å². The van der Waals surface area contributed by atoms with E-state index >= 15 is 0 Å². The smallest absolute Gasteiger partial charge is 0.472 e. The van der Waals surface area contributed by atoms with Gasteiger partial charge in [0.15, 0.2) is 6.23 Å². The van der Waals surface area contributed by atoms with Crippen LogP contribution < -0.4 is 44.5 Å². The Morgan fingerprint density at radius 1 is 0.767 bits per heavy atom. The molecule has 14 atom stereocenters. The van der Waals surface area contributed by atoms with Crippen molar-refractivity contribution in [1.82, 2.24) is 14.9 Å². The van der Waals surface area contributed by atoms with E-state index in [1.807, 2.05) is 33.8 Å². The topological polar surface area (TPSA) is 470 Å². The van der Waals surface area contributed by atoms with Crippen molar-refractivity contribution in [1.29, 1.82) is 0 Å². The molecule has 1 fully saturated rings. The molecule has 1 unspecified atom stereocenters. The van der Waals surface area contributed by atoms with Gasteiger partial charge in [-0.2, -0.15) is 0 Å². The van der Waals surface area contributed by atoms with Crippen molar-refractivity contribution in [2.24, 2.45) is 99.7 Å². The molecular formula is C61H86N13O15P. The van der Waals surface area contributed by atoms with Crippen LogP contribution in [0.5, 0.6) is 5.75 Å². The Kier molecular flexibility index (Phi) is 19.6. The van der Waals surface area contributed by atoms with Crippen molar-refractivity contribution in [2.45, 2.75) is 169 Å². The minimum Gasteiger partial charge on any atom is -0.497 e. The van der Waals surface area contributed by atoms with E-state index in [0.29, 0.717) is 67.9 Å². The Hall–Kier alpha value is -7.33. The summed E-state index contributed by atoms with van der Waals surface area (Å²) in [7, 11) is -3.59. The van der Waals surface area contributed by atoms with Crippen LogP contribution in [0, 0.1) is 45.3 Å². The average Bonchev–Trinajstić information content (AvgIpc) is 1.53. The number of rotatable bonds is 27. The molecule has 0 saturated carbocycles. The second kappa shape index (κ2) is 25.7. The van der Waals surface area contributed by atoms with Gasteiger partial charge in [-0.3, -0.25) is 62.6 Å². The Bertz CT molecular complexity index is 3570. The first-order valence-electron chi connectivity index (χ1n) is 30.1. The molecule has 490 valence electrons. The van der Waals surface area contributed by atoms with Crippen LogP contribution in [0.2, 0.25) is 0 Å². The number of methoxy groups -OCH3 is 1. The predicted octanol–water partition coefficient (Wildman–Crippen LogP) is 3.04. The van der Waals surface area contributed by atoms with Crippen LogP contribution in [0.4, 0.5) is 0 Å². The zero-order valence-electron chi connectivity index (χ0n) is 52.6. The number of carbonyl (C=O) groups excluding carboxylic acids is 7. The minimum absolute atomic E-state index is 0.0387. The van der Waals surface area contributed by atoms with Crippen LogP contribution in [0.1, 0.15) is 139 Å². The number of carbonyl (C=O) groups is 7. The van der Waals surface area contributed by atoms with Gasteiger partial charge in [-0.1, -0.05) is 34.6 Å². The fourth-order valence-electron chi connectivity index (χ4n) is 14.9. The average molecular weight is 1270 g/mol. The van der Waals surface area contributed by atoms with Gasteiger partial charge in [0.2, 0.25) is 41.4 Å². The second-order valence-electron chi connectivity index (χ2n) is 26.2. The molecule has 6 aliphatic heterocycles. The number of phosphoric acid groups is 1. The molecule has 16 N–H and O–H groups in total. The van der Waals surface area contributed by atoms with E-state index < -0.39 is 137 Å². The normalized spacial score (nSPS) is 33.4. The number of aliphatic imine (C=N–C) groups is 4. The molecule has 7 amide bonds. The molecule has 7 heterocycles. The molecule has 28 nitrogen and oxygen atoms in total. The van der Waals surface area contributed by atoms with Crippen molar-refractivity contribution >= 4 is 83.1 Å². The molecule has 1 aromatic carbocycles. The van der Waals surface area contributed by atoms with Crippen molar-refractivity contribution in [2.75, 3.05) is 20.3 Å². The van der Waals surface area contributed by atoms with E-state index in [2.05, 4.69) is 10.3 Å². The highest BCUT2D eigenvalue weighted by Gasteiger charge is 2.65. The quantitative estimate of drug-likeness (QED) is 0.0575. The molecule has 1 aromatic heterocycles. The summed E-state index contributed by atoms with van der Waals surface area (Å²) >= 11 is 0.